The first kappa shape index (κ1) is 17.3. The van der Waals surface area contributed by atoms with Gasteiger partial charge in [-0.3, -0.25) is 0 Å². The molecule has 3 nitrogen and oxygen atoms in total. The van der Waals surface area contributed by atoms with E-state index in [-0.39, 0.29) is 0 Å². The van der Waals surface area contributed by atoms with Gasteiger partial charge in [0.1, 0.15) is 0 Å². The molecule has 0 spiro atoms. The van der Waals surface area contributed by atoms with Crippen molar-refractivity contribution >= 4 is 15.9 Å². The number of rotatable bonds is 8. The molecule has 1 aromatic rings. The van der Waals surface area contributed by atoms with Crippen LogP contribution in [-0.2, 0) is 0 Å². The highest BCUT2D eigenvalue weighted by Gasteiger charge is 2.22. The van der Waals surface area contributed by atoms with Crippen molar-refractivity contribution in [2.75, 3.05) is 20.8 Å². The smallest absolute Gasteiger partial charge is 0.161 e. The summed E-state index contributed by atoms with van der Waals surface area (Å²) in [6.07, 6.45) is 2.25. The third-order valence-electron chi connectivity index (χ3n) is 3.67. The third-order valence-corrected chi connectivity index (χ3v) is 4.35. The average Bonchev–Trinajstić information content (AvgIpc) is 2.47. The minimum absolute atomic E-state index is 0.314. The fraction of sp³-hybridized carbons (Fsp3) is 0.625. The molecule has 4 heteroatoms. The molecule has 0 aliphatic heterocycles. The molecule has 0 radical (unpaired) electrons. The highest BCUT2D eigenvalue weighted by molar-refractivity contribution is 9.10. The van der Waals surface area contributed by atoms with Crippen molar-refractivity contribution in [1.82, 2.24) is 5.32 Å². The van der Waals surface area contributed by atoms with Crippen molar-refractivity contribution in [1.29, 1.82) is 0 Å². The lowest BCUT2D eigenvalue weighted by atomic mass is 9.92. The number of ether oxygens (including phenoxy) is 2. The zero-order valence-electron chi connectivity index (χ0n) is 13.1. The van der Waals surface area contributed by atoms with Gasteiger partial charge < -0.3 is 14.8 Å². The molecule has 2 atom stereocenters. The molecular formula is C16H26BrNO2. The maximum absolute atomic E-state index is 5.43. The van der Waals surface area contributed by atoms with Gasteiger partial charge in [-0.05, 0) is 36.6 Å². The minimum atomic E-state index is 0.314. The maximum Gasteiger partial charge on any atom is 0.161 e. The Labute approximate surface area is 131 Å². The molecule has 0 saturated carbocycles. The summed E-state index contributed by atoms with van der Waals surface area (Å²) in [6.45, 7) is 7.69. The molecular weight excluding hydrogens is 318 g/mol. The Morgan fingerprint density at radius 3 is 2.25 bits per heavy atom. The Bertz CT molecular complexity index is 423. The van der Waals surface area contributed by atoms with Crippen molar-refractivity contribution in [3.63, 3.8) is 0 Å². The largest absolute Gasteiger partial charge is 0.493 e. The van der Waals surface area contributed by atoms with Crippen LogP contribution < -0.4 is 14.8 Å². The van der Waals surface area contributed by atoms with Crippen molar-refractivity contribution in [2.24, 2.45) is 5.92 Å². The lowest BCUT2D eigenvalue weighted by molar-refractivity contribution is 0.348. The molecule has 0 heterocycles. The second-order valence-corrected chi connectivity index (χ2v) is 5.90. The van der Waals surface area contributed by atoms with Gasteiger partial charge in [0, 0.05) is 10.5 Å². The SMILES string of the molecule is CCCNC(c1cc(OC)c(OC)cc1Br)C(C)CC. The van der Waals surface area contributed by atoms with E-state index in [9.17, 15) is 0 Å². The van der Waals surface area contributed by atoms with Crippen LogP contribution in [0.1, 0.15) is 45.2 Å². The van der Waals surface area contributed by atoms with Crippen molar-refractivity contribution in [3.05, 3.63) is 22.2 Å². The molecule has 0 saturated heterocycles. The molecule has 20 heavy (non-hydrogen) atoms. The minimum Gasteiger partial charge on any atom is -0.493 e. The van der Waals surface area contributed by atoms with Crippen molar-refractivity contribution in [3.8, 4) is 11.5 Å². The van der Waals surface area contributed by atoms with Crippen LogP contribution >= 0.6 is 15.9 Å². The van der Waals surface area contributed by atoms with E-state index in [0.29, 0.717) is 12.0 Å². The summed E-state index contributed by atoms with van der Waals surface area (Å²) in [6, 6.07) is 4.37. The van der Waals surface area contributed by atoms with E-state index in [0.717, 1.165) is 35.4 Å². The van der Waals surface area contributed by atoms with E-state index in [1.54, 1.807) is 14.2 Å². The van der Waals surface area contributed by atoms with Crippen LogP contribution in [0.3, 0.4) is 0 Å². The molecule has 0 bridgehead atoms. The van der Waals surface area contributed by atoms with Gasteiger partial charge in [0.15, 0.2) is 11.5 Å². The second-order valence-electron chi connectivity index (χ2n) is 5.05. The summed E-state index contributed by atoms with van der Waals surface area (Å²) in [5, 5.41) is 3.64. The Hall–Kier alpha value is -0.740. The van der Waals surface area contributed by atoms with Gasteiger partial charge in [-0.25, -0.2) is 0 Å². The zero-order valence-corrected chi connectivity index (χ0v) is 14.7. The molecule has 2 unspecified atom stereocenters. The summed E-state index contributed by atoms with van der Waals surface area (Å²) in [7, 11) is 3.33. The highest BCUT2D eigenvalue weighted by Crippen LogP contribution is 2.38. The standard InChI is InChI=1S/C16H26BrNO2/c1-6-8-18-16(11(3)7-2)12-9-14(19-4)15(20-5)10-13(12)17/h9-11,16,18H,6-8H2,1-5H3. The first-order valence-corrected chi connectivity index (χ1v) is 8.03. The molecule has 0 aromatic heterocycles. The van der Waals surface area contributed by atoms with Gasteiger partial charge in [0.05, 0.1) is 14.2 Å². The van der Waals surface area contributed by atoms with E-state index >= 15 is 0 Å². The lowest BCUT2D eigenvalue weighted by Gasteiger charge is -2.26. The summed E-state index contributed by atoms with van der Waals surface area (Å²) in [4.78, 5) is 0. The molecule has 1 N–H and O–H groups in total. The van der Waals surface area contributed by atoms with Crippen molar-refractivity contribution in [2.45, 2.75) is 39.7 Å². The molecule has 1 aromatic carbocycles. The van der Waals surface area contributed by atoms with E-state index in [1.807, 2.05) is 6.07 Å². The molecule has 114 valence electrons. The van der Waals surface area contributed by atoms with Crippen LogP contribution in [0.15, 0.2) is 16.6 Å². The van der Waals surface area contributed by atoms with Gasteiger partial charge in [-0.15, -0.1) is 0 Å². The predicted octanol–water partition coefficient (Wildman–Crippen LogP) is 4.55. The van der Waals surface area contributed by atoms with Crippen molar-refractivity contribution < 1.29 is 9.47 Å². The predicted molar refractivity (Wildman–Crippen MR) is 87.7 cm³/mol. The van der Waals surface area contributed by atoms with E-state index in [4.69, 9.17) is 9.47 Å². The number of hydrogen-bond donors (Lipinski definition) is 1. The van der Waals surface area contributed by atoms with Gasteiger partial charge in [-0.2, -0.15) is 0 Å². The lowest BCUT2D eigenvalue weighted by Crippen LogP contribution is -2.27. The summed E-state index contributed by atoms with van der Waals surface area (Å²) in [5.41, 5.74) is 1.23. The fourth-order valence-corrected chi connectivity index (χ4v) is 2.83. The number of hydrogen-bond acceptors (Lipinski definition) is 3. The molecule has 1 rings (SSSR count). The van der Waals surface area contributed by atoms with Crippen LogP contribution in [0, 0.1) is 5.92 Å². The molecule has 0 fully saturated rings. The van der Waals surface area contributed by atoms with Gasteiger partial charge >= 0.3 is 0 Å². The molecule has 0 aliphatic carbocycles. The van der Waals surface area contributed by atoms with E-state index in [2.05, 4.69) is 48.1 Å². The van der Waals surface area contributed by atoms with E-state index < -0.39 is 0 Å². The van der Waals surface area contributed by atoms with Gasteiger partial charge in [0.2, 0.25) is 0 Å². The Morgan fingerprint density at radius 1 is 1.15 bits per heavy atom. The third kappa shape index (κ3) is 4.13. The zero-order chi connectivity index (χ0) is 15.1. The second kappa shape index (κ2) is 8.53. The summed E-state index contributed by atoms with van der Waals surface area (Å²) >= 11 is 3.67. The summed E-state index contributed by atoms with van der Waals surface area (Å²) in [5.74, 6) is 2.08. The Balaban J connectivity index is 3.17. The van der Waals surface area contributed by atoms with Crippen LogP contribution in [0.5, 0.6) is 11.5 Å². The Kier molecular flexibility index (Phi) is 7.38. The fourth-order valence-electron chi connectivity index (χ4n) is 2.26. The number of benzene rings is 1. The number of nitrogens with one attached hydrogen (secondary N) is 1. The maximum atomic E-state index is 5.43. The monoisotopic (exact) mass is 343 g/mol. The molecule has 0 amide bonds. The number of halogens is 1. The summed E-state index contributed by atoms with van der Waals surface area (Å²) < 4.78 is 11.8. The van der Waals surface area contributed by atoms with Crippen LogP contribution in [0.2, 0.25) is 0 Å². The van der Waals surface area contributed by atoms with E-state index in [1.165, 1.54) is 5.56 Å². The van der Waals surface area contributed by atoms with Gasteiger partial charge in [0.25, 0.3) is 0 Å². The first-order valence-electron chi connectivity index (χ1n) is 7.23. The normalized spacial score (nSPS) is 13.9. The van der Waals surface area contributed by atoms with Crippen LogP contribution in [0.25, 0.3) is 0 Å². The van der Waals surface area contributed by atoms with Crippen LogP contribution in [-0.4, -0.2) is 20.8 Å². The Morgan fingerprint density at radius 2 is 1.75 bits per heavy atom. The topological polar surface area (TPSA) is 30.5 Å². The average molecular weight is 344 g/mol. The quantitative estimate of drug-likeness (QED) is 0.750. The highest BCUT2D eigenvalue weighted by atomic mass is 79.9. The van der Waals surface area contributed by atoms with Crippen LogP contribution in [0.4, 0.5) is 0 Å². The first-order chi connectivity index (χ1) is 9.58. The number of methoxy groups -OCH3 is 2. The van der Waals surface area contributed by atoms with Gasteiger partial charge in [-0.1, -0.05) is 43.1 Å². The molecule has 0 aliphatic rings.